The van der Waals surface area contributed by atoms with Crippen LogP contribution in [0.5, 0.6) is 5.88 Å². The van der Waals surface area contributed by atoms with Crippen molar-refractivity contribution in [3.8, 4) is 5.88 Å². The largest absolute Gasteiger partial charge is 0.474 e. The standard InChI is InChI=1S/C14H22N2O/c1-10-3-5-13(7-11(10)2)17-14-6-4-12(8-15)9-16-14/h4,6,9-11,13H,3,5,7-8,15H2,1-2H3. The number of ether oxygens (including phenoxy) is 1. The number of rotatable bonds is 3. The third-order valence-electron chi connectivity index (χ3n) is 3.87. The lowest BCUT2D eigenvalue weighted by atomic mass is 9.80. The van der Waals surface area contributed by atoms with Crippen molar-refractivity contribution in [2.24, 2.45) is 17.6 Å². The quantitative estimate of drug-likeness (QED) is 0.874. The minimum absolute atomic E-state index is 0.331. The molecule has 1 saturated carbocycles. The van der Waals surface area contributed by atoms with E-state index in [1.54, 1.807) is 6.20 Å². The zero-order valence-electron chi connectivity index (χ0n) is 10.7. The molecular weight excluding hydrogens is 212 g/mol. The second-order valence-electron chi connectivity index (χ2n) is 5.22. The number of pyridine rings is 1. The Morgan fingerprint density at radius 2 is 2.12 bits per heavy atom. The Bertz CT molecular complexity index is 350. The van der Waals surface area contributed by atoms with Crippen LogP contribution in [0.25, 0.3) is 0 Å². The van der Waals surface area contributed by atoms with E-state index in [0.717, 1.165) is 36.1 Å². The number of hydrogen-bond acceptors (Lipinski definition) is 3. The first-order valence-electron chi connectivity index (χ1n) is 6.50. The molecule has 3 unspecified atom stereocenters. The maximum atomic E-state index is 5.92. The van der Waals surface area contributed by atoms with Crippen LogP contribution in [-0.2, 0) is 6.54 Å². The van der Waals surface area contributed by atoms with Gasteiger partial charge in [-0.15, -0.1) is 0 Å². The van der Waals surface area contributed by atoms with Crippen LogP contribution in [0.1, 0.15) is 38.7 Å². The first kappa shape index (κ1) is 12.4. The van der Waals surface area contributed by atoms with Crippen molar-refractivity contribution in [2.75, 3.05) is 0 Å². The van der Waals surface area contributed by atoms with E-state index in [0.29, 0.717) is 12.6 Å². The summed E-state index contributed by atoms with van der Waals surface area (Å²) in [6.07, 6.45) is 5.67. The average molecular weight is 234 g/mol. The lowest BCUT2D eigenvalue weighted by Gasteiger charge is -2.31. The van der Waals surface area contributed by atoms with Gasteiger partial charge in [0, 0.05) is 18.8 Å². The van der Waals surface area contributed by atoms with Crippen molar-refractivity contribution in [2.45, 2.75) is 45.8 Å². The summed E-state index contributed by atoms with van der Waals surface area (Å²) in [5.74, 6) is 2.30. The Morgan fingerprint density at radius 1 is 1.29 bits per heavy atom. The van der Waals surface area contributed by atoms with Gasteiger partial charge in [0.05, 0.1) is 0 Å². The van der Waals surface area contributed by atoms with Crippen LogP contribution >= 0.6 is 0 Å². The molecule has 1 aromatic heterocycles. The van der Waals surface area contributed by atoms with Gasteiger partial charge in [-0.2, -0.15) is 0 Å². The Morgan fingerprint density at radius 3 is 2.71 bits per heavy atom. The lowest BCUT2D eigenvalue weighted by Crippen LogP contribution is -2.29. The molecule has 0 aromatic carbocycles. The molecule has 3 atom stereocenters. The van der Waals surface area contributed by atoms with Crippen molar-refractivity contribution >= 4 is 0 Å². The first-order chi connectivity index (χ1) is 8.19. The van der Waals surface area contributed by atoms with E-state index in [1.165, 1.54) is 6.42 Å². The molecule has 0 spiro atoms. The molecule has 1 aromatic rings. The summed E-state index contributed by atoms with van der Waals surface area (Å²) in [5, 5.41) is 0. The second-order valence-corrected chi connectivity index (χ2v) is 5.22. The molecule has 94 valence electrons. The fourth-order valence-electron chi connectivity index (χ4n) is 2.38. The van der Waals surface area contributed by atoms with Crippen molar-refractivity contribution < 1.29 is 4.74 Å². The maximum absolute atomic E-state index is 5.92. The van der Waals surface area contributed by atoms with Crippen LogP contribution in [0.3, 0.4) is 0 Å². The Balaban J connectivity index is 1.92. The van der Waals surface area contributed by atoms with Crippen molar-refractivity contribution in [1.82, 2.24) is 4.98 Å². The van der Waals surface area contributed by atoms with Gasteiger partial charge < -0.3 is 10.5 Å². The van der Waals surface area contributed by atoms with E-state index >= 15 is 0 Å². The molecular formula is C14H22N2O. The topological polar surface area (TPSA) is 48.1 Å². The summed E-state index contributed by atoms with van der Waals surface area (Å²) in [4.78, 5) is 4.29. The molecule has 1 heterocycles. The number of aromatic nitrogens is 1. The number of hydrogen-bond donors (Lipinski definition) is 1. The summed E-state index contributed by atoms with van der Waals surface area (Å²) in [7, 11) is 0. The zero-order chi connectivity index (χ0) is 12.3. The smallest absolute Gasteiger partial charge is 0.213 e. The molecule has 0 bridgehead atoms. The first-order valence-corrected chi connectivity index (χ1v) is 6.50. The van der Waals surface area contributed by atoms with E-state index in [4.69, 9.17) is 10.5 Å². The average Bonchev–Trinajstić information content (AvgIpc) is 2.35. The molecule has 1 aliphatic carbocycles. The third kappa shape index (κ3) is 3.19. The van der Waals surface area contributed by atoms with E-state index in [2.05, 4.69) is 18.8 Å². The fraction of sp³-hybridized carbons (Fsp3) is 0.643. The maximum Gasteiger partial charge on any atom is 0.213 e. The van der Waals surface area contributed by atoms with Crippen LogP contribution in [0.4, 0.5) is 0 Å². The van der Waals surface area contributed by atoms with Crippen molar-refractivity contribution in [1.29, 1.82) is 0 Å². The SMILES string of the molecule is CC1CCC(Oc2ccc(CN)cn2)CC1C. The highest BCUT2D eigenvalue weighted by molar-refractivity contribution is 5.17. The van der Waals surface area contributed by atoms with Gasteiger partial charge in [-0.3, -0.25) is 0 Å². The lowest BCUT2D eigenvalue weighted by molar-refractivity contribution is 0.0964. The Labute approximate surface area is 103 Å². The minimum atomic E-state index is 0.331. The molecule has 0 aliphatic heterocycles. The van der Waals surface area contributed by atoms with Gasteiger partial charge >= 0.3 is 0 Å². The van der Waals surface area contributed by atoms with Gasteiger partial charge in [0.1, 0.15) is 6.10 Å². The fourth-order valence-corrected chi connectivity index (χ4v) is 2.38. The molecule has 1 aliphatic rings. The van der Waals surface area contributed by atoms with Crippen molar-refractivity contribution in [3.63, 3.8) is 0 Å². The highest BCUT2D eigenvalue weighted by Gasteiger charge is 2.25. The molecule has 17 heavy (non-hydrogen) atoms. The molecule has 1 fully saturated rings. The van der Waals surface area contributed by atoms with E-state index in [-0.39, 0.29) is 0 Å². The van der Waals surface area contributed by atoms with E-state index in [1.807, 2.05) is 12.1 Å². The Kier molecular flexibility index (Phi) is 4.00. The predicted octanol–water partition coefficient (Wildman–Crippen LogP) is 2.74. The monoisotopic (exact) mass is 234 g/mol. The van der Waals surface area contributed by atoms with Gasteiger partial charge in [0.15, 0.2) is 0 Å². The van der Waals surface area contributed by atoms with Gasteiger partial charge in [-0.1, -0.05) is 19.9 Å². The molecule has 3 heteroatoms. The summed E-state index contributed by atoms with van der Waals surface area (Å²) < 4.78 is 5.92. The second kappa shape index (κ2) is 5.50. The van der Waals surface area contributed by atoms with Crippen LogP contribution in [-0.4, -0.2) is 11.1 Å². The minimum Gasteiger partial charge on any atom is -0.474 e. The van der Waals surface area contributed by atoms with E-state index in [9.17, 15) is 0 Å². The van der Waals surface area contributed by atoms with Crippen LogP contribution < -0.4 is 10.5 Å². The van der Waals surface area contributed by atoms with Crippen molar-refractivity contribution in [3.05, 3.63) is 23.9 Å². The molecule has 0 amide bonds. The molecule has 0 radical (unpaired) electrons. The Hall–Kier alpha value is -1.09. The van der Waals surface area contributed by atoms with Gasteiger partial charge in [-0.05, 0) is 36.7 Å². The summed E-state index contributed by atoms with van der Waals surface area (Å²) in [6.45, 7) is 5.17. The predicted molar refractivity (Wildman–Crippen MR) is 68.7 cm³/mol. The highest BCUT2D eigenvalue weighted by Crippen LogP contribution is 2.31. The highest BCUT2D eigenvalue weighted by atomic mass is 16.5. The van der Waals surface area contributed by atoms with Crippen LogP contribution in [0.15, 0.2) is 18.3 Å². The van der Waals surface area contributed by atoms with Gasteiger partial charge in [0.25, 0.3) is 0 Å². The molecule has 2 N–H and O–H groups in total. The van der Waals surface area contributed by atoms with Crippen LogP contribution in [0.2, 0.25) is 0 Å². The summed E-state index contributed by atoms with van der Waals surface area (Å²) >= 11 is 0. The normalized spacial score (nSPS) is 29.0. The zero-order valence-corrected chi connectivity index (χ0v) is 10.7. The van der Waals surface area contributed by atoms with E-state index < -0.39 is 0 Å². The van der Waals surface area contributed by atoms with Gasteiger partial charge in [-0.25, -0.2) is 4.98 Å². The van der Waals surface area contributed by atoms with Gasteiger partial charge in [0.2, 0.25) is 5.88 Å². The molecule has 0 saturated heterocycles. The molecule has 3 nitrogen and oxygen atoms in total. The third-order valence-corrected chi connectivity index (χ3v) is 3.87. The number of nitrogens with zero attached hydrogens (tertiary/aromatic N) is 1. The summed E-state index contributed by atoms with van der Waals surface area (Å²) in [5.41, 5.74) is 6.58. The van der Waals surface area contributed by atoms with Crippen LogP contribution in [0, 0.1) is 11.8 Å². The summed E-state index contributed by atoms with van der Waals surface area (Å²) in [6, 6.07) is 3.90. The molecule has 2 rings (SSSR count). The number of nitrogens with two attached hydrogens (primary N) is 1.